The number of hydrogen-bond donors (Lipinski definition) is 0. The first-order valence-electron chi connectivity index (χ1n) is 8.25. The van der Waals surface area contributed by atoms with Gasteiger partial charge >= 0.3 is 0 Å². The standard InChI is InChI=1S/C18H29N3/c1-17(2,3)14-7-8-15(20-19-14)21-10-12-9-13(11-21)16(12)18(4,5)6/h7-8,12-13,16H,9-11H2,1-6H3. The lowest BCUT2D eigenvalue weighted by molar-refractivity contribution is -0.0336. The number of rotatable bonds is 1. The summed E-state index contributed by atoms with van der Waals surface area (Å²) in [4.78, 5) is 2.44. The number of aromatic nitrogens is 2. The molecule has 2 saturated heterocycles. The monoisotopic (exact) mass is 287 g/mol. The third-order valence-corrected chi connectivity index (χ3v) is 5.27. The van der Waals surface area contributed by atoms with Crippen molar-refractivity contribution < 1.29 is 0 Å². The summed E-state index contributed by atoms with van der Waals surface area (Å²) in [5.41, 5.74) is 1.59. The lowest BCUT2D eigenvalue weighted by atomic mass is 9.53. The number of hydrogen-bond acceptors (Lipinski definition) is 3. The summed E-state index contributed by atoms with van der Waals surface area (Å²) >= 11 is 0. The van der Waals surface area contributed by atoms with Gasteiger partial charge in [-0.15, -0.1) is 5.10 Å². The van der Waals surface area contributed by atoms with Crippen LogP contribution in [0, 0.1) is 23.2 Å². The van der Waals surface area contributed by atoms with Crippen molar-refractivity contribution in [3.05, 3.63) is 17.8 Å². The van der Waals surface area contributed by atoms with Gasteiger partial charge in [0.15, 0.2) is 5.82 Å². The van der Waals surface area contributed by atoms with Crippen LogP contribution in [0.1, 0.15) is 53.7 Å². The Labute approximate surface area is 129 Å². The molecule has 0 N–H and O–H groups in total. The molecule has 4 rings (SSSR count). The van der Waals surface area contributed by atoms with E-state index >= 15 is 0 Å². The maximum atomic E-state index is 4.49. The lowest BCUT2D eigenvalue weighted by Gasteiger charge is -2.58. The molecule has 2 unspecified atom stereocenters. The molecule has 3 heteroatoms. The maximum Gasteiger partial charge on any atom is 0.151 e. The Hall–Kier alpha value is -1.12. The van der Waals surface area contributed by atoms with Gasteiger partial charge in [0.05, 0.1) is 5.69 Å². The van der Waals surface area contributed by atoms with E-state index in [1.807, 2.05) is 0 Å². The van der Waals surface area contributed by atoms with E-state index in [1.165, 1.54) is 6.42 Å². The molecule has 2 atom stereocenters. The van der Waals surface area contributed by atoms with E-state index in [4.69, 9.17) is 0 Å². The van der Waals surface area contributed by atoms with Gasteiger partial charge < -0.3 is 4.90 Å². The molecule has 116 valence electrons. The number of nitrogens with zero attached hydrogens (tertiary/aromatic N) is 3. The highest BCUT2D eigenvalue weighted by Crippen LogP contribution is 2.54. The highest BCUT2D eigenvalue weighted by atomic mass is 15.3. The highest BCUT2D eigenvalue weighted by molar-refractivity contribution is 5.40. The molecule has 1 aromatic heterocycles. The molecule has 0 spiro atoms. The molecule has 1 aliphatic carbocycles. The molecule has 2 bridgehead atoms. The van der Waals surface area contributed by atoms with E-state index in [2.05, 4.69) is 68.8 Å². The largest absolute Gasteiger partial charge is 0.355 e. The van der Waals surface area contributed by atoms with Crippen molar-refractivity contribution in [2.45, 2.75) is 53.4 Å². The Balaban J connectivity index is 1.71. The zero-order valence-electron chi connectivity index (χ0n) is 14.3. The van der Waals surface area contributed by atoms with Crippen molar-refractivity contribution in [2.75, 3.05) is 18.0 Å². The van der Waals surface area contributed by atoms with Crippen LogP contribution in [0.5, 0.6) is 0 Å². The first kappa shape index (κ1) is 14.8. The predicted octanol–water partition coefficient (Wildman–Crippen LogP) is 3.89. The molecule has 0 amide bonds. The molecule has 0 aromatic carbocycles. The zero-order chi connectivity index (χ0) is 15.4. The summed E-state index contributed by atoms with van der Waals surface area (Å²) in [7, 11) is 0. The van der Waals surface area contributed by atoms with Crippen LogP contribution in [0.15, 0.2) is 12.1 Å². The van der Waals surface area contributed by atoms with Gasteiger partial charge in [0.1, 0.15) is 0 Å². The summed E-state index contributed by atoms with van der Waals surface area (Å²) in [5.74, 6) is 3.63. The summed E-state index contributed by atoms with van der Waals surface area (Å²) in [5, 5.41) is 8.93. The molecule has 21 heavy (non-hydrogen) atoms. The lowest BCUT2D eigenvalue weighted by Crippen LogP contribution is -2.59. The second kappa shape index (κ2) is 4.69. The molecular formula is C18H29N3. The fourth-order valence-corrected chi connectivity index (χ4v) is 4.38. The fourth-order valence-electron chi connectivity index (χ4n) is 4.38. The van der Waals surface area contributed by atoms with Crippen molar-refractivity contribution >= 4 is 5.82 Å². The van der Waals surface area contributed by atoms with Gasteiger partial charge in [0.2, 0.25) is 0 Å². The molecule has 3 heterocycles. The van der Waals surface area contributed by atoms with Crippen LogP contribution < -0.4 is 4.90 Å². The Kier molecular flexibility index (Phi) is 3.30. The van der Waals surface area contributed by atoms with E-state index < -0.39 is 0 Å². The van der Waals surface area contributed by atoms with E-state index in [0.29, 0.717) is 5.41 Å². The van der Waals surface area contributed by atoms with E-state index in [9.17, 15) is 0 Å². The summed E-state index contributed by atoms with van der Waals surface area (Å²) in [6.45, 7) is 16.0. The average molecular weight is 287 g/mol. The Morgan fingerprint density at radius 1 is 0.952 bits per heavy atom. The van der Waals surface area contributed by atoms with Crippen LogP contribution >= 0.6 is 0 Å². The van der Waals surface area contributed by atoms with Gasteiger partial charge in [-0.2, -0.15) is 5.10 Å². The van der Waals surface area contributed by atoms with E-state index in [0.717, 1.165) is 42.4 Å². The minimum atomic E-state index is 0.0763. The number of piperidine rings is 2. The molecule has 3 nitrogen and oxygen atoms in total. The van der Waals surface area contributed by atoms with E-state index in [-0.39, 0.29) is 5.41 Å². The van der Waals surface area contributed by atoms with Crippen LogP contribution in [-0.4, -0.2) is 23.3 Å². The van der Waals surface area contributed by atoms with Crippen LogP contribution in [0.3, 0.4) is 0 Å². The van der Waals surface area contributed by atoms with Gasteiger partial charge in [0, 0.05) is 18.5 Å². The molecule has 3 aliphatic rings. The maximum absolute atomic E-state index is 4.49. The van der Waals surface area contributed by atoms with Crippen LogP contribution in [-0.2, 0) is 5.41 Å². The first-order valence-corrected chi connectivity index (χ1v) is 8.25. The average Bonchev–Trinajstić information content (AvgIpc) is 2.36. The van der Waals surface area contributed by atoms with Gasteiger partial charge in [-0.25, -0.2) is 0 Å². The van der Waals surface area contributed by atoms with Crippen molar-refractivity contribution in [1.82, 2.24) is 10.2 Å². The predicted molar refractivity (Wildman–Crippen MR) is 87.5 cm³/mol. The van der Waals surface area contributed by atoms with Crippen LogP contribution in [0.2, 0.25) is 0 Å². The van der Waals surface area contributed by atoms with Crippen LogP contribution in [0.25, 0.3) is 0 Å². The normalized spacial score (nSPS) is 29.2. The molecule has 1 saturated carbocycles. The minimum Gasteiger partial charge on any atom is -0.355 e. The summed E-state index contributed by atoms with van der Waals surface area (Å²) in [6, 6.07) is 4.30. The molecule has 3 fully saturated rings. The summed E-state index contributed by atoms with van der Waals surface area (Å²) in [6.07, 6.45) is 1.41. The third-order valence-electron chi connectivity index (χ3n) is 5.27. The Bertz CT molecular complexity index is 495. The van der Waals surface area contributed by atoms with Crippen molar-refractivity contribution in [3.63, 3.8) is 0 Å². The topological polar surface area (TPSA) is 29.0 Å². The molecule has 2 aliphatic heterocycles. The van der Waals surface area contributed by atoms with Crippen molar-refractivity contribution in [1.29, 1.82) is 0 Å². The quantitative estimate of drug-likeness (QED) is 0.784. The summed E-state index contributed by atoms with van der Waals surface area (Å²) < 4.78 is 0. The van der Waals surface area contributed by atoms with Crippen molar-refractivity contribution in [2.24, 2.45) is 23.2 Å². The van der Waals surface area contributed by atoms with Gasteiger partial charge in [-0.3, -0.25) is 0 Å². The van der Waals surface area contributed by atoms with E-state index in [1.54, 1.807) is 0 Å². The Morgan fingerprint density at radius 3 is 2.00 bits per heavy atom. The molecular weight excluding hydrogens is 258 g/mol. The second-order valence-corrected chi connectivity index (χ2v) is 9.08. The number of anilines is 1. The van der Waals surface area contributed by atoms with Gasteiger partial charge in [0.25, 0.3) is 0 Å². The second-order valence-electron chi connectivity index (χ2n) is 9.08. The zero-order valence-corrected chi connectivity index (χ0v) is 14.3. The third kappa shape index (κ3) is 2.67. The van der Waals surface area contributed by atoms with Gasteiger partial charge in [-0.1, -0.05) is 41.5 Å². The Morgan fingerprint density at radius 2 is 1.57 bits per heavy atom. The smallest absolute Gasteiger partial charge is 0.151 e. The minimum absolute atomic E-state index is 0.0763. The first-order chi connectivity index (χ1) is 9.66. The SMILES string of the molecule is CC(C)(C)c1ccc(N2CC3CC(C2)C3C(C)(C)C)nn1. The molecule has 0 radical (unpaired) electrons. The van der Waals surface area contributed by atoms with Crippen molar-refractivity contribution in [3.8, 4) is 0 Å². The highest BCUT2D eigenvalue weighted by Gasteiger charge is 2.51. The molecule has 1 aromatic rings. The van der Waals surface area contributed by atoms with Gasteiger partial charge in [-0.05, 0) is 41.7 Å². The number of fused-ring (bicyclic) bond motifs is 2. The fraction of sp³-hybridized carbons (Fsp3) is 0.778. The van der Waals surface area contributed by atoms with Crippen LogP contribution in [0.4, 0.5) is 5.82 Å².